The Morgan fingerprint density at radius 3 is 2.38 bits per heavy atom. The molecule has 0 radical (unpaired) electrons. The van der Waals surface area contributed by atoms with Crippen LogP contribution in [0.1, 0.15) is 25.8 Å². The number of benzene rings is 2. The molecule has 26 heavy (non-hydrogen) atoms. The number of methoxy groups -OCH3 is 3. The molecule has 0 amide bonds. The summed E-state index contributed by atoms with van der Waals surface area (Å²) in [5.41, 5.74) is 0.912. The first kappa shape index (κ1) is 20.5. The highest BCUT2D eigenvalue weighted by Crippen LogP contribution is 2.51. The van der Waals surface area contributed by atoms with Crippen molar-refractivity contribution in [3.63, 3.8) is 0 Å². The number of halogens is 1. The number of hydrogen-bond acceptors (Lipinski definition) is 4. The minimum Gasteiger partial charge on any atom is -0.497 e. The van der Waals surface area contributed by atoms with E-state index < -0.39 is 0 Å². The Bertz CT molecular complexity index is 738. The van der Waals surface area contributed by atoms with Gasteiger partial charge in [0.1, 0.15) is 11.6 Å². The molecular formula is C20H26FO4P. The third-order valence-electron chi connectivity index (χ3n) is 4.39. The van der Waals surface area contributed by atoms with Gasteiger partial charge in [0.25, 0.3) is 0 Å². The zero-order chi connectivity index (χ0) is 19.2. The van der Waals surface area contributed by atoms with Crippen molar-refractivity contribution in [1.82, 2.24) is 0 Å². The molecule has 0 saturated carbocycles. The molecule has 0 heterocycles. The molecule has 0 aliphatic carbocycles. The molecule has 2 atom stereocenters. The smallest absolute Gasteiger partial charge is 0.188 e. The van der Waals surface area contributed by atoms with Gasteiger partial charge < -0.3 is 18.9 Å². The van der Waals surface area contributed by atoms with Crippen molar-refractivity contribution in [3.05, 3.63) is 47.8 Å². The Hall–Kier alpha value is -1.84. The molecule has 2 unspecified atom stereocenters. The molecule has 2 aromatic carbocycles. The van der Waals surface area contributed by atoms with Crippen LogP contribution in [0.2, 0.25) is 0 Å². The van der Waals surface area contributed by atoms with Crippen LogP contribution in [0.15, 0.2) is 36.4 Å². The van der Waals surface area contributed by atoms with Gasteiger partial charge in [-0.1, -0.05) is 40.6 Å². The number of hydrogen-bond donors (Lipinski definition) is 0. The second kappa shape index (κ2) is 9.20. The van der Waals surface area contributed by atoms with Gasteiger partial charge in [0.2, 0.25) is 0 Å². The average Bonchev–Trinajstić information content (AvgIpc) is 2.67. The second-order valence-electron chi connectivity index (χ2n) is 6.05. The predicted octanol–water partition coefficient (Wildman–Crippen LogP) is 4.45. The van der Waals surface area contributed by atoms with Crippen LogP contribution in [0.3, 0.4) is 0 Å². The molecule has 0 fully saturated rings. The fraction of sp³-hybridized carbons (Fsp3) is 0.400. The van der Waals surface area contributed by atoms with E-state index in [1.807, 2.05) is 18.2 Å². The maximum absolute atomic E-state index is 14.3. The minimum atomic E-state index is -0.354. The largest absolute Gasteiger partial charge is 0.497 e. The lowest BCUT2D eigenvalue weighted by molar-refractivity contribution is 0.0479. The van der Waals surface area contributed by atoms with Gasteiger partial charge in [-0.2, -0.15) is 0 Å². The van der Waals surface area contributed by atoms with Crippen LogP contribution in [0.5, 0.6) is 17.2 Å². The number of rotatable bonds is 9. The summed E-state index contributed by atoms with van der Waals surface area (Å²) in [5, 5.41) is 0.337. The average molecular weight is 380 g/mol. The van der Waals surface area contributed by atoms with Crippen LogP contribution in [0, 0.1) is 5.82 Å². The lowest BCUT2D eigenvalue weighted by Crippen LogP contribution is -2.21. The molecule has 0 spiro atoms. The minimum absolute atomic E-state index is 0.0955. The van der Waals surface area contributed by atoms with E-state index >= 15 is 0 Å². The van der Waals surface area contributed by atoms with Crippen molar-refractivity contribution < 1.29 is 23.3 Å². The van der Waals surface area contributed by atoms with Gasteiger partial charge in [-0.25, -0.2) is 4.39 Å². The molecule has 4 nitrogen and oxygen atoms in total. The molecular weight excluding hydrogens is 354 g/mol. The Morgan fingerprint density at radius 2 is 1.81 bits per heavy atom. The number of ether oxygens (including phenoxy) is 4. The summed E-state index contributed by atoms with van der Waals surface area (Å²) in [7, 11) is 4.97. The Morgan fingerprint density at radius 1 is 1.08 bits per heavy atom. The first-order valence-electron chi connectivity index (χ1n) is 8.40. The van der Waals surface area contributed by atoms with Crippen molar-refractivity contribution in [1.29, 1.82) is 0 Å². The summed E-state index contributed by atoms with van der Waals surface area (Å²) in [5.74, 6) is 1.64. The fourth-order valence-corrected chi connectivity index (χ4v) is 4.20. The summed E-state index contributed by atoms with van der Waals surface area (Å²) >= 11 is 0. The summed E-state index contributed by atoms with van der Waals surface area (Å²) in [6.07, 6.45) is 0.791. The lowest BCUT2D eigenvalue weighted by Gasteiger charge is -2.32. The van der Waals surface area contributed by atoms with Gasteiger partial charge in [0.05, 0.1) is 14.2 Å². The van der Waals surface area contributed by atoms with E-state index in [2.05, 4.69) is 13.8 Å². The van der Waals surface area contributed by atoms with E-state index in [0.717, 1.165) is 12.0 Å². The van der Waals surface area contributed by atoms with Gasteiger partial charge >= 0.3 is 0 Å². The SMILES string of the molecule is CCC(C)(Pc1ccccc1F)c1cc(OC)cc(OC)c1OCOC. The molecule has 142 valence electrons. The monoisotopic (exact) mass is 380 g/mol. The molecule has 2 aromatic rings. The van der Waals surface area contributed by atoms with Crippen LogP contribution >= 0.6 is 8.58 Å². The molecule has 2 rings (SSSR count). The third kappa shape index (κ3) is 4.46. The van der Waals surface area contributed by atoms with Crippen molar-refractivity contribution >= 4 is 13.9 Å². The lowest BCUT2D eigenvalue weighted by atomic mass is 9.95. The first-order chi connectivity index (χ1) is 12.5. The van der Waals surface area contributed by atoms with E-state index in [1.54, 1.807) is 33.5 Å². The second-order valence-corrected chi connectivity index (χ2v) is 7.94. The Kier molecular flexibility index (Phi) is 7.24. The highest BCUT2D eigenvalue weighted by Gasteiger charge is 2.32. The topological polar surface area (TPSA) is 36.9 Å². The first-order valence-corrected chi connectivity index (χ1v) is 9.40. The summed E-state index contributed by atoms with van der Waals surface area (Å²) in [6.45, 7) is 4.28. The summed E-state index contributed by atoms with van der Waals surface area (Å²) in [6, 6.07) is 10.6. The summed E-state index contributed by atoms with van der Waals surface area (Å²) < 4.78 is 36.1. The molecule has 0 N–H and O–H groups in total. The van der Waals surface area contributed by atoms with E-state index in [9.17, 15) is 4.39 Å². The normalized spacial score (nSPS) is 13.6. The zero-order valence-electron chi connectivity index (χ0n) is 15.9. The molecule has 0 aliphatic heterocycles. The third-order valence-corrected chi connectivity index (χ3v) is 6.24. The van der Waals surface area contributed by atoms with Crippen molar-refractivity contribution in [2.45, 2.75) is 25.4 Å². The van der Waals surface area contributed by atoms with Crippen LogP contribution < -0.4 is 19.5 Å². The quantitative estimate of drug-likeness (QED) is 0.476. The predicted molar refractivity (Wildman–Crippen MR) is 104 cm³/mol. The van der Waals surface area contributed by atoms with Gasteiger partial charge in [0, 0.05) is 29.2 Å². The van der Waals surface area contributed by atoms with Crippen LogP contribution in [-0.2, 0) is 9.89 Å². The highest BCUT2D eigenvalue weighted by atomic mass is 31.1. The highest BCUT2D eigenvalue weighted by molar-refractivity contribution is 7.48. The molecule has 6 heteroatoms. The van der Waals surface area contributed by atoms with Crippen molar-refractivity contribution in [2.24, 2.45) is 0 Å². The zero-order valence-corrected chi connectivity index (χ0v) is 16.9. The van der Waals surface area contributed by atoms with Gasteiger partial charge in [-0.15, -0.1) is 0 Å². The van der Waals surface area contributed by atoms with Crippen molar-refractivity contribution in [2.75, 3.05) is 28.1 Å². The van der Waals surface area contributed by atoms with Crippen LogP contribution in [0.4, 0.5) is 4.39 Å². The standard InChI is InChI=1S/C20H26FO4P/c1-6-20(2,26-18-10-8-7-9-16(18)21)15-11-14(23-4)12-17(24-5)19(15)25-13-22-3/h7-12,26H,6,13H2,1-5H3. The Labute approximate surface area is 156 Å². The maximum Gasteiger partial charge on any atom is 0.188 e. The molecule has 0 saturated heterocycles. The molecule has 0 aromatic heterocycles. The van der Waals surface area contributed by atoms with Gasteiger partial charge in [0.15, 0.2) is 18.3 Å². The fourth-order valence-electron chi connectivity index (χ4n) is 2.73. The molecule has 0 bridgehead atoms. The maximum atomic E-state index is 14.3. The Balaban J connectivity index is 2.58. The van der Waals surface area contributed by atoms with E-state index in [1.165, 1.54) is 6.07 Å². The van der Waals surface area contributed by atoms with E-state index in [0.29, 0.717) is 22.6 Å². The van der Waals surface area contributed by atoms with Crippen LogP contribution in [0.25, 0.3) is 0 Å². The van der Waals surface area contributed by atoms with Gasteiger partial charge in [-0.3, -0.25) is 0 Å². The van der Waals surface area contributed by atoms with E-state index in [-0.39, 0.29) is 26.3 Å². The van der Waals surface area contributed by atoms with E-state index in [4.69, 9.17) is 18.9 Å². The van der Waals surface area contributed by atoms with Crippen molar-refractivity contribution in [3.8, 4) is 17.2 Å². The van der Waals surface area contributed by atoms with Crippen LogP contribution in [-0.4, -0.2) is 28.1 Å². The molecule has 0 aliphatic rings. The van der Waals surface area contributed by atoms with Gasteiger partial charge in [-0.05, 0) is 18.6 Å². The summed E-state index contributed by atoms with van der Waals surface area (Å²) in [4.78, 5) is 0.